The lowest BCUT2D eigenvalue weighted by Gasteiger charge is -2.26. The molecule has 1 fully saturated rings. The van der Waals surface area contributed by atoms with E-state index in [1.54, 1.807) is 0 Å². The lowest BCUT2D eigenvalue weighted by Crippen LogP contribution is -2.40. The first kappa shape index (κ1) is 22.6. The molecule has 2 rings (SSSR count). The maximum atomic E-state index is 13.3. The third kappa shape index (κ3) is 6.45. The van der Waals surface area contributed by atoms with Crippen molar-refractivity contribution in [3.63, 3.8) is 0 Å². The number of carbonyl (C=O) groups excluding carboxylic acids is 2. The largest absolute Gasteiger partial charge is 0.355 e. The van der Waals surface area contributed by atoms with Gasteiger partial charge in [0.05, 0.1) is 10.9 Å². The van der Waals surface area contributed by atoms with Crippen molar-refractivity contribution >= 4 is 29.1 Å². The smallest absolute Gasteiger partial charge is 0.227 e. The van der Waals surface area contributed by atoms with Crippen LogP contribution >= 0.6 is 11.6 Å². The van der Waals surface area contributed by atoms with E-state index in [-0.39, 0.29) is 29.8 Å². The van der Waals surface area contributed by atoms with E-state index in [4.69, 9.17) is 11.6 Å². The summed E-state index contributed by atoms with van der Waals surface area (Å²) < 4.78 is 13.3. The van der Waals surface area contributed by atoms with Crippen molar-refractivity contribution in [2.75, 3.05) is 37.6 Å². The van der Waals surface area contributed by atoms with Crippen LogP contribution in [0.15, 0.2) is 18.2 Å². The predicted molar refractivity (Wildman–Crippen MR) is 111 cm³/mol. The van der Waals surface area contributed by atoms with E-state index in [1.165, 1.54) is 23.1 Å². The molecule has 156 valence electrons. The number of nitrogens with one attached hydrogen (secondary N) is 1. The van der Waals surface area contributed by atoms with E-state index in [0.29, 0.717) is 24.1 Å². The first-order chi connectivity index (χ1) is 13.2. The number of anilines is 1. The fourth-order valence-corrected chi connectivity index (χ4v) is 3.73. The molecule has 0 aliphatic carbocycles. The minimum absolute atomic E-state index is 0.0337. The maximum Gasteiger partial charge on any atom is 0.227 e. The maximum absolute atomic E-state index is 13.3. The van der Waals surface area contributed by atoms with Crippen molar-refractivity contribution in [1.82, 2.24) is 10.2 Å². The molecule has 1 N–H and O–H groups in total. The van der Waals surface area contributed by atoms with E-state index in [1.807, 2.05) is 0 Å². The molecule has 28 heavy (non-hydrogen) atoms. The Morgan fingerprint density at radius 3 is 2.50 bits per heavy atom. The summed E-state index contributed by atoms with van der Waals surface area (Å²) in [5, 5.41) is 2.94. The number of carbonyl (C=O) groups is 2. The topological polar surface area (TPSA) is 52.7 Å². The molecular weight excluding hydrogens is 381 g/mol. The van der Waals surface area contributed by atoms with Crippen LogP contribution in [0.3, 0.4) is 0 Å². The van der Waals surface area contributed by atoms with Crippen molar-refractivity contribution < 1.29 is 14.0 Å². The van der Waals surface area contributed by atoms with Gasteiger partial charge in [-0.1, -0.05) is 39.3 Å². The lowest BCUT2D eigenvalue weighted by atomic mass is 10.1. The second-order valence-electron chi connectivity index (χ2n) is 8.34. The van der Waals surface area contributed by atoms with Gasteiger partial charge in [0.15, 0.2) is 0 Å². The Balaban J connectivity index is 1.87. The van der Waals surface area contributed by atoms with Crippen molar-refractivity contribution in [1.29, 1.82) is 0 Å². The number of halogens is 2. The summed E-state index contributed by atoms with van der Waals surface area (Å²) in [4.78, 5) is 28.7. The van der Waals surface area contributed by atoms with Crippen LogP contribution in [0.5, 0.6) is 0 Å². The molecule has 5 nitrogen and oxygen atoms in total. The van der Waals surface area contributed by atoms with Crippen molar-refractivity contribution in [2.45, 2.75) is 34.1 Å². The van der Waals surface area contributed by atoms with Gasteiger partial charge in [-0.25, -0.2) is 4.39 Å². The van der Waals surface area contributed by atoms with Gasteiger partial charge in [0.1, 0.15) is 5.82 Å². The summed E-state index contributed by atoms with van der Waals surface area (Å²) in [7, 11) is 0. The molecule has 0 spiro atoms. The van der Waals surface area contributed by atoms with Gasteiger partial charge in [0, 0.05) is 44.8 Å². The molecule has 0 aromatic heterocycles. The fraction of sp³-hybridized carbons (Fsp3) is 0.619. The molecule has 1 aliphatic rings. The van der Waals surface area contributed by atoms with E-state index in [9.17, 15) is 14.0 Å². The normalized spacial score (nSPS) is 17.2. The number of hydrogen-bond donors (Lipinski definition) is 1. The molecule has 0 saturated carbocycles. The SMILES string of the molecule is CC(C)CN(CCNC(=O)[C@@H]1CC(=O)N(c2ccc(F)c(Cl)c2)C1)CC(C)C. The van der Waals surface area contributed by atoms with Crippen LogP contribution in [0.25, 0.3) is 0 Å². The zero-order chi connectivity index (χ0) is 20.8. The van der Waals surface area contributed by atoms with E-state index >= 15 is 0 Å². The summed E-state index contributed by atoms with van der Waals surface area (Å²) in [6, 6.07) is 4.16. The van der Waals surface area contributed by atoms with Crippen molar-refractivity contribution in [3.8, 4) is 0 Å². The Labute approximate surface area is 172 Å². The molecule has 0 unspecified atom stereocenters. The third-order valence-electron chi connectivity index (χ3n) is 4.68. The van der Waals surface area contributed by atoms with Gasteiger partial charge in [-0.15, -0.1) is 0 Å². The van der Waals surface area contributed by atoms with Gasteiger partial charge >= 0.3 is 0 Å². The van der Waals surface area contributed by atoms with E-state index < -0.39 is 11.7 Å². The molecule has 1 aromatic carbocycles. The van der Waals surface area contributed by atoms with Gasteiger partial charge in [-0.3, -0.25) is 9.59 Å². The van der Waals surface area contributed by atoms with Gasteiger partial charge in [0.25, 0.3) is 0 Å². The molecule has 1 heterocycles. The minimum atomic E-state index is -0.529. The van der Waals surface area contributed by atoms with Crippen LogP contribution < -0.4 is 10.2 Å². The average molecular weight is 412 g/mol. The Morgan fingerprint density at radius 1 is 1.29 bits per heavy atom. The van der Waals surface area contributed by atoms with Gasteiger partial charge in [-0.2, -0.15) is 0 Å². The van der Waals surface area contributed by atoms with Gasteiger partial charge < -0.3 is 15.1 Å². The summed E-state index contributed by atoms with van der Waals surface area (Å²) >= 11 is 5.81. The first-order valence-electron chi connectivity index (χ1n) is 9.92. The lowest BCUT2D eigenvalue weighted by molar-refractivity contribution is -0.126. The van der Waals surface area contributed by atoms with Crippen LogP contribution in [0.1, 0.15) is 34.1 Å². The summed E-state index contributed by atoms with van der Waals surface area (Å²) in [5.74, 6) is -0.0585. The number of hydrogen-bond acceptors (Lipinski definition) is 3. The highest BCUT2D eigenvalue weighted by atomic mass is 35.5. The second kappa shape index (κ2) is 10.2. The molecular formula is C21H31ClFN3O2. The highest BCUT2D eigenvalue weighted by Gasteiger charge is 2.35. The Bertz CT molecular complexity index is 686. The highest BCUT2D eigenvalue weighted by Crippen LogP contribution is 2.28. The Morgan fingerprint density at radius 2 is 1.93 bits per heavy atom. The van der Waals surface area contributed by atoms with Crippen LogP contribution in [0.4, 0.5) is 10.1 Å². The van der Waals surface area contributed by atoms with Crippen LogP contribution in [0, 0.1) is 23.6 Å². The second-order valence-corrected chi connectivity index (χ2v) is 8.75. The fourth-order valence-electron chi connectivity index (χ4n) is 3.56. The van der Waals surface area contributed by atoms with E-state index in [0.717, 1.165) is 19.6 Å². The number of nitrogens with zero attached hydrogens (tertiary/aromatic N) is 2. The van der Waals surface area contributed by atoms with Crippen molar-refractivity contribution in [2.24, 2.45) is 17.8 Å². The molecule has 1 aromatic rings. The number of rotatable bonds is 9. The minimum Gasteiger partial charge on any atom is -0.355 e. The zero-order valence-corrected chi connectivity index (χ0v) is 17.9. The van der Waals surface area contributed by atoms with Crippen LogP contribution in [-0.2, 0) is 9.59 Å². The van der Waals surface area contributed by atoms with Crippen molar-refractivity contribution in [3.05, 3.63) is 29.0 Å². The zero-order valence-electron chi connectivity index (χ0n) is 17.2. The number of benzene rings is 1. The summed E-state index contributed by atoms with van der Waals surface area (Å²) in [5.41, 5.74) is 0.520. The Hall–Kier alpha value is -1.66. The number of amides is 2. The monoisotopic (exact) mass is 411 g/mol. The molecule has 7 heteroatoms. The molecule has 1 aliphatic heterocycles. The highest BCUT2D eigenvalue weighted by molar-refractivity contribution is 6.31. The average Bonchev–Trinajstić information content (AvgIpc) is 2.98. The standard InChI is InChI=1S/C21H31ClFN3O2/c1-14(2)11-25(12-15(3)4)8-7-24-21(28)16-9-20(27)26(13-16)17-5-6-19(23)18(22)10-17/h5-6,10,14-16H,7-9,11-13H2,1-4H3,(H,24,28)/t16-/m1/s1. The molecule has 2 amide bonds. The van der Waals surface area contributed by atoms with Gasteiger partial charge in [0.2, 0.25) is 11.8 Å². The molecule has 0 radical (unpaired) electrons. The van der Waals surface area contributed by atoms with Crippen LogP contribution in [0.2, 0.25) is 5.02 Å². The first-order valence-corrected chi connectivity index (χ1v) is 10.3. The Kier molecular flexibility index (Phi) is 8.25. The summed E-state index contributed by atoms with van der Waals surface area (Å²) in [6.45, 7) is 12.4. The van der Waals surface area contributed by atoms with E-state index in [2.05, 4.69) is 37.9 Å². The third-order valence-corrected chi connectivity index (χ3v) is 4.97. The van der Waals surface area contributed by atoms with Gasteiger partial charge in [-0.05, 0) is 30.0 Å². The molecule has 1 saturated heterocycles. The molecule has 1 atom stereocenters. The summed E-state index contributed by atoms with van der Waals surface area (Å²) in [6.07, 6.45) is 0.155. The molecule has 0 bridgehead atoms. The predicted octanol–water partition coefficient (Wildman–Crippen LogP) is 3.56. The quantitative estimate of drug-likeness (QED) is 0.676. The van der Waals surface area contributed by atoms with Crippen LogP contribution in [-0.4, -0.2) is 49.4 Å².